The Labute approximate surface area is 245 Å². The van der Waals surface area contributed by atoms with Gasteiger partial charge in [0.2, 0.25) is 5.91 Å². The molecule has 3 aromatic carbocycles. The summed E-state index contributed by atoms with van der Waals surface area (Å²) in [6.45, 7) is 2.41. The Morgan fingerprint density at radius 2 is 1.95 bits per heavy atom. The number of rotatable bonds is 9. The first kappa shape index (κ1) is 28.2. The molecule has 1 saturated heterocycles. The summed E-state index contributed by atoms with van der Waals surface area (Å²) in [5.41, 5.74) is 4.00. The van der Waals surface area contributed by atoms with Gasteiger partial charge in [-0.1, -0.05) is 30.3 Å². The second-order valence-corrected chi connectivity index (χ2v) is 11.3. The lowest BCUT2D eigenvalue weighted by atomic mass is 9.79. The van der Waals surface area contributed by atoms with Crippen LogP contribution in [0.2, 0.25) is 0 Å². The van der Waals surface area contributed by atoms with Crippen LogP contribution in [0, 0.1) is 11.7 Å². The fraction of sp³-hybridized carbons (Fsp3) is 0.394. The van der Waals surface area contributed by atoms with Gasteiger partial charge in [0.25, 0.3) is 5.91 Å². The fourth-order valence-electron chi connectivity index (χ4n) is 6.13. The topological polar surface area (TPSA) is 91.3 Å². The molecule has 42 heavy (non-hydrogen) atoms. The fourth-order valence-corrected chi connectivity index (χ4v) is 6.13. The molecule has 220 valence electrons. The number of carbonyl (C=O) groups is 2. The SMILES string of the molecule is COCCCN1C(=O)COc2ccc(N(C(=O)[C@H]3CNCC[C@@H]3c3cccc(-c4ccc(O)c(F)c4)c3)C3CC3)cc21. The van der Waals surface area contributed by atoms with Crippen molar-refractivity contribution in [1.29, 1.82) is 0 Å². The standard InChI is InChI=1S/C33H36FN3O5/c1-41-15-3-14-36-29-18-25(9-11-31(29)42-20-32(36)39)37(24-7-8-24)33(40)27-19-35-13-12-26(27)23-5-2-4-21(16-23)22-6-10-30(38)28(34)17-22/h2,4-6,9-11,16-18,24,26-27,35,38H,3,7-8,12-15,19-20H2,1H3/t26-,27+/m1/s1. The minimum atomic E-state index is -0.665. The van der Waals surface area contributed by atoms with Gasteiger partial charge in [-0.2, -0.15) is 0 Å². The molecular formula is C33H36FN3O5. The highest BCUT2D eigenvalue weighted by atomic mass is 19.1. The molecule has 2 atom stereocenters. The van der Waals surface area contributed by atoms with Gasteiger partial charge in [-0.15, -0.1) is 0 Å². The summed E-state index contributed by atoms with van der Waals surface area (Å²) in [5.74, 6) is -0.765. The molecule has 0 radical (unpaired) electrons. The third kappa shape index (κ3) is 5.71. The summed E-state index contributed by atoms with van der Waals surface area (Å²) in [4.78, 5) is 30.8. The molecule has 8 nitrogen and oxygen atoms in total. The molecule has 2 heterocycles. The van der Waals surface area contributed by atoms with E-state index >= 15 is 0 Å². The Kier molecular flexibility index (Phi) is 8.13. The smallest absolute Gasteiger partial charge is 0.265 e. The number of nitrogens with one attached hydrogen (secondary N) is 1. The Morgan fingerprint density at radius 1 is 1.12 bits per heavy atom. The van der Waals surface area contributed by atoms with Gasteiger partial charge < -0.3 is 29.7 Å². The van der Waals surface area contributed by atoms with E-state index in [9.17, 15) is 19.1 Å². The van der Waals surface area contributed by atoms with Gasteiger partial charge in [-0.3, -0.25) is 9.59 Å². The number of hydrogen-bond acceptors (Lipinski definition) is 6. The molecule has 0 unspecified atom stereocenters. The number of piperidine rings is 1. The average Bonchev–Trinajstić information content (AvgIpc) is 3.85. The number of halogens is 1. The monoisotopic (exact) mass is 573 g/mol. The number of benzene rings is 3. The molecule has 0 aromatic heterocycles. The van der Waals surface area contributed by atoms with Crippen LogP contribution < -0.4 is 19.9 Å². The number of amides is 2. The third-order valence-corrected chi connectivity index (χ3v) is 8.44. The number of nitrogens with zero attached hydrogens (tertiary/aromatic N) is 2. The third-order valence-electron chi connectivity index (χ3n) is 8.44. The molecule has 2 amide bonds. The predicted molar refractivity (Wildman–Crippen MR) is 159 cm³/mol. The van der Waals surface area contributed by atoms with Gasteiger partial charge in [-0.05, 0) is 85.2 Å². The summed E-state index contributed by atoms with van der Waals surface area (Å²) >= 11 is 0. The highest BCUT2D eigenvalue weighted by molar-refractivity contribution is 6.01. The molecule has 1 aliphatic carbocycles. The zero-order valence-corrected chi connectivity index (χ0v) is 23.7. The lowest BCUT2D eigenvalue weighted by Crippen LogP contribution is -2.47. The van der Waals surface area contributed by atoms with Crippen molar-refractivity contribution < 1.29 is 28.6 Å². The normalized spacial score (nSPS) is 20.1. The molecule has 3 aromatic rings. The summed E-state index contributed by atoms with van der Waals surface area (Å²) in [5, 5.41) is 13.0. The van der Waals surface area contributed by atoms with Gasteiger partial charge in [0.05, 0.1) is 11.6 Å². The van der Waals surface area contributed by atoms with Crippen molar-refractivity contribution in [2.75, 3.05) is 49.8 Å². The van der Waals surface area contributed by atoms with Crippen LogP contribution in [0.3, 0.4) is 0 Å². The molecule has 2 fully saturated rings. The Hall–Kier alpha value is -3.95. The number of anilines is 2. The Bertz CT molecular complexity index is 1480. The molecule has 9 heteroatoms. The van der Waals surface area contributed by atoms with Crippen LogP contribution in [0.4, 0.5) is 15.8 Å². The van der Waals surface area contributed by atoms with Crippen LogP contribution in [0.15, 0.2) is 60.7 Å². The number of phenols is 1. The van der Waals surface area contributed by atoms with Crippen LogP contribution in [-0.4, -0.2) is 62.9 Å². The van der Waals surface area contributed by atoms with Gasteiger partial charge in [0, 0.05) is 38.5 Å². The molecular weight excluding hydrogens is 537 g/mol. The van der Waals surface area contributed by atoms with Crippen molar-refractivity contribution in [3.8, 4) is 22.6 Å². The van der Waals surface area contributed by atoms with Crippen molar-refractivity contribution in [1.82, 2.24) is 5.32 Å². The molecule has 1 saturated carbocycles. The van der Waals surface area contributed by atoms with Crippen molar-refractivity contribution in [3.05, 3.63) is 72.0 Å². The van der Waals surface area contributed by atoms with E-state index in [2.05, 4.69) is 5.32 Å². The zero-order chi connectivity index (χ0) is 29.2. The first-order valence-corrected chi connectivity index (χ1v) is 14.6. The first-order chi connectivity index (χ1) is 20.4. The van der Waals surface area contributed by atoms with E-state index in [0.29, 0.717) is 43.1 Å². The van der Waals surface area contributed by atoms with Crippen molar-refractivity contribution in [2.24, 2.45) is 5.92 Å². The van der Waals surface area contributed by atoms with Gasteiger partial charge >= 0.3 is 0 Å². The highest BCUT2D eigenvalue weighted by Crippen LogP contribution is 2.42. The molecule has 3 aliphatic rings. The maximum Gasteiger partial charge on any atom is 0.265 e. The number of hydrogen-bond donors (Lipinski definition) is 2. The maximum absolute atomic E-state index is 14.4. The molecule has 0 bridgehead atoms. The predicted octanol–water partition coefficient (Wildman–Crippen LogP) is 4.85. The van der Waals surface area contributed by atoms with E-state index in [-0.39, 0.29) is 42.0 Å². The van der Waals surface area contributed by atoms with Crippen LogP contribution in [-0.2, 0) is 14.3 Å². The largest absolute Gasteiger partial charge is 0.505 e. The number of carbonyl (C=O) groups excluding carboxylic acids is 2. The summed E-state index contributed by atoms with van der Waals surface area (Å²) in [7, 11) is 1.64. The van der Waals surface area contributed by atoms with Crippen LogP contribution >= 0.6 is 0 Å². The summed E-state index contributed by atoms with van der Waals surface area (Å²) < 4.78 is 25.0. The zero-order valence-electron chi connectivity index (χ0n) is 23.7. The van der Waals surface area contributed by atoms with E-state index < -0.39 is 5.82 Å². The van der Waals surface area contributed by atoms with E-state index in [1.807, 2.05) is 47.4 Å². The molecule has 0 spiro atoms. The Morgan fingerprint density at radius 3 is 2.74 bits per heavy atom. The number of ether oxygens (including phenoxy) is 2. The molecule has 2 aliphatic heterocycles. The quantitative estimate of drug-likeness (QED) is 0.356. The lowest BCUT2D eigenvalue weighted by Gasteiger charge is -2.36. The second-order valence-electron chi connectivity index (χ2n) is 11.3. The minimum Gasteiger partial charge on any atom is -0.505 e. The van der Waals surface area contributed by atoms with E-state index in [4.69, 9.17) is 9.47 Å². The van der Waals surface area contributed by atoms with E-state index in [0.717, 1.165) is 42.6 Å². The van der Waals surface area contributed by atoms with Crippen molar-refractivity contribution in [2.45, 2.75) is 37.6 Å². The molecule has 2 N–H and O–H groups in total. The van der Waals surface area contributed by atoms with Gasteiger partial charge in [0.1, 0.15) is 5.75 Å². The van der Waals surface area contributed by atoms with E-state index in [1.54, 1.807) is 18.1 Å². The van der Waals surface area contributed by atoms with Gasteiger partial charge in [-0.25, -0.2) is 4.39 Å². The first-order valence-electron chi connectivity index (χ1n) is 14.6. The van der Waals surface area contributed by atoms with Crippen molar-refractivity contribution in [3.63, 3.8) is 0 Å². The average molecular weight is 574 g/mol. The molecule has 6 rings (SSSR count). The summed E-state index contributed by atoms with van der Waals surface area (Å²) in [6, 6.07) is 18.1. The van der Waals surface area contributed by atoms with Crippen molar-refractivity contribution >= 4 is 23.2 Å². The van der Waals surface area contributed by atoms with E-state index in [1.165, 1.54) is 12.1 Å². The number of methoxy groups -OCH3 is 1. The minimum absolute atomic E-state index is 0.00410. The van der Waals surface area contributed by atoms with Crippen LogP contribution in [0.5, 0.6) is 11.5 Å². The highest BCUT2D eigenvalue weighted by Gasteiger charge is 2.41. The Balaban J connectivity index is 1.29. The number of phenolic OH excluding ortho intramolecular Hbond substituents is 1. The van der Waals surface area contributed by atoms with Gasteiger partial charge in [0.15, 0.2) is 18.2 Å². The lowest BCUT2D eigenvalue weighted by molar-refractivity contribution is -0.123. The number of aromatic hydroxyl groups is 1. The second kappa shape index (κ2) is 12.1. The van der Waals surface area contributed by atoms with Crippen LogP contribution in [0.25, 0.3) is 11.1 Å². The maximum atomic E-state index is 14.4. The van der Waals surface area contributed by atoms with Crippen LogP contribution in [0.1, 0.15) is 37.2 Å². The summed E-state index contributed by atoms with van der Waals surface area (Å²) in [6.07, 6.45) is 3.36. The number of fused-ring (bicyclic) bond motifs is 1.